The van der Waals surface area contributed by atoms with Gasteiger partial charge < -0.3 is 4.90 Å². The molecule has 0 aliphatic carbocycles. The molecule has 20 heavy (non-hydrogen) atoms. The van der Waals surface area contributed by atoms with Gasteiger partial charge in [-0.05, 0) is 43.7 Å². The van der Waals surface area contributed by atoms with Crippen molar-refractivity contribution in [3.05, 3.63) is 64.5 Å². The minimum atomic E-state index is -0.277. The zero-order valence-electron chi connectivity index (χ0n) is 11.9. The van der Waals surface area contributed by atoms with Gasteiger partial charge in [-0.2, -0.15) is 5.26 Å². The summed E-state index contributed by atoms with van der Waals surface area (Å²) < 4.78 is 13.8. The highest BCUT2D eigenvalue weighted by molar-refractivity contribution is 5.54. The van der Waals surface area contributed by atoms with E-state index in [0.29, 0.717) is 17.7 Å². The summed E-state index contributed by atoms with van der Waals surface area (Å²) in [6.07, 6.45) is 0. The van der Waals surface area contributed by atoms with Gasteiger partial charge in [-0.25, -0.2) is 4.39 Å². The SMILES string of the molecule is Cc1ccc(N(C)Cc2cc(C#N)ccc2F)c(C)c1. The molecule has 0 fully saturated rings. The molecule has 0 spiro atoms. The van der Waals surface area contributed by atoms with Gasteiger partial charge in [0.2, 0.25) is 0 Å². The van der Waals surface area contributed by atoms with Crippen LogP contribution in [0.4, 0.5) is 10.1 Å². The van der Waals surface area contributed by atoms with Gasteiger partial charge in [0.15, 0.2) is 0 Å². The predicted molar refractivity (Wildman–Crippen MR) is 79.1 cm³/mol. The Balaban J connectivity index is 2.27. The maximum absolute atomic E-state index is 13.8. The van der Waals surface area contributed by atoms with Gasteiger partial charge >= 0.3 is 0 Å². The molecule has 0 aliphatic heterocycles. The number of hydrogen-bond donors (Lipinski definition) is 0. The first-order valence-electron chi connectivity index (χ1n) is 6.48. The van der Waals surface area contributed by atoms with Crippen LogP contribution in [0.1, 0.15) is 22.3 Å². The molecular formula is C17H17FN2. The molecule has 0 amide bonds. The molecule has 0 saturated carbocycles. The number of aryl methyl sites for hydroxylation is 2. The molecule has 0 saturated heterocycles. The lowest BCUT2D eigenvalue weighted by atomic mass is 10.1. The number of benzene rings is 2. The van der Waals surface area contributed by atoms with E-state index < -0.39 is 0 Å². The molecule has 2 aromatic carbocycles. The molecular weight excluding hydrogens is 251 g/mol. The van der Waals surface area contributed by atoms with Gasteiger partial charge in [-0.3, -0.25) is 0 Å². The van der Waals surface area contributed by atoms with E-state index >= 15 is 0 Å². The Morgan fingerprint density at radius 3 is 2.55 bits per heavy atom. The summed E-state index contributed by atoms with van der Waals surface area (Å²) in [7, 11) is 1.93. The fraction of sp³-hybridized carbons (Fsp3) is 0.235. The van der Waals surface area contributed by atoms with Crippen LogP contribution in [0.25, 0.3) is 0 Å². The van der Waals surface area contributed by atoms with E-state index in [0.717, 1.165) is 11.3 Å². The lowest BCUT2D eigenvalue weighted by molar-refractivity contribution is 0.607. The monoisotopic (exact) mass is 268 g/mol. The summed E-state index contributed by atoms with van der Waals surface area (Å²) in [6, 6.07) is 12.7. The second kappa shape index (κ2) is 5.75. The van der Waals surface area contributed by atoms with E-state index in [1.165, 1.54) is 17.7 Å². The highest BCUT2D eigenvalue weighted by Gasteiger charge is 2.09. The molecule has 0 atom stereocenters. The van der Waals surface area contributed by atoms with Crippen LogP contribution in [-0.4, -0.2) is 7.05 Å². The van der Waals surface area contributed by atoms with Gasteiger partial charge in [-0.15, -0.1) is 0 Å². The number of halogens is 1. The van der Waals surface area contributed by atoms with Crippen molar-refractivity contribution in [1.29, 1.82) is 5.26 Å². The first kappa shape index (κ1) is 14.1. The zero-order chi connectivity index (χ0) is 14.7. The van der Waals surface area contributed by atoms with Crippen LogP contribution in [0.2, 0.25) is 0 Å². The van der Waals surface area contributed by atoms with E-state index in [1.807, 2.05) is 44.0 Å². The highest BCUT2D eigenvalue weighted by Crippen LogP contribution is 2.22. The average Bonchev–Trinajstić information content (AvgIpc) is 2.41. The fourth-order valence-corrected chi connectivity index (χ4v) is 2.34. The molecule has 0 bridgehead atoms. The number of nitrogens with zero attached hydrogens (tertiary/aromatic N) is 2. The van der Waals surface area contributed by atoms with Crippen molar-refractivity contribution in [2.45, 2.75) is 20.4 Å². The largest absolute Gasteiger partial charge is 0.370 e. The smallest absolute Gasteiger partial charge is 0.128 e. The minimum Gasteiger partial charge on any atom is -0.370 e. The summed E-state index contributed by atoms with van der Waals surface area (Å²) >= 11 is 0. The standard InChI is InChI=1S/C17H17FN2/c1-12-4-7-17(13(2)8-12)20(3)11-15-9-14(10-19)5-6-16(15)18/h4-9H,11H2,1-3H3. The third-order valence-electron chi connectivity index (χ3n) is 3.35. The Kier molecular flexibility index (Phi) is 4.05. The third kappa shape index (κ3) is 2.97. The second-order valence-corrected chi connectivity index (χ2v) is 5.06. The van der Waals surface area contributed by atoms with Gasteiger partial charge in [0.25, 0.3) is 0 Å². The number of rotatable bonds is 3. The van der Waals surface area contributed by atoms with Crippen molar-refractivity contribution in [2.75, 3.05) is 11.9 Å². The molecule has 0 heterocycles. The molecule has 102 valence electrons. The van der Waals surface area contributed by atoms with Crippen LogP contribution < -0.4 is 4.90 Å². The summed E-state index contributed by atoms with van der Waals surface area (Å²) in [6.45, 7) is 4.53. The van der Waals surface area contributed by atoms with Gasteiger partial charge in [0.1, 0.15) is 5.82 Å². The second-order valence-electron chi connectivity index (χ2n) is 5.06. The van der Waals surface area contributed by atoms with Gasteiger partial charge in [-0.1, -0.05) is 17.7 Å². The Hall–Kier alpha value is -2.34. The summed E-state index contributed by atoms with van der Waals surface area (Å²) in [5.74, 6) is -0.277. The van der Waals surface area contributed by atoms with Crippen LogP contribution in [0.3, 0.4) is 0 Å². The molecule has 0 aromatic heterocycles. The van der Waals surface area contributed by atoms with E-state index in [9.17, 15) is 4.39 Å². The minimum absolute atomic E-state index is 0.277. The van der Waals surface area contributed by atoms with Crippen molar-refractivity contribution in [2.24, 2.45) is 0 Å². The zero-order valence-corrected chi connectivity index (χ0v) is 11.9. The third-order valence-corrected chi connectivity index (χ3v) is 3.35. The number of anilines is 1. The first-order chi connectivity index (χ1) is 9.51. The van der Waals surface area contributed by atoms with E-state index in [4.69, 9.17) is 5.26 Å². The molecule has 0 radical (unpaired) electrons. The van der Waals surface area contributed by atoms with E-state index in [1.54, 1.807) is 6.07 Å². The average molecular weight is 268 g/mol. The van der Waals surface area contributed by atoms with Crippen molar-refractivity contribution in [3.8, 4) is 6.07 Å². The number of hydrogen-bond acceptors (Lipinski definition) is 2. The normalized spacial score (nSPS) is 10.2. The van der Waals surface area contributed by atoms with Crippen molar-refractivity contribution in [1.82, 2.24) is 0 Å². The molecule has 2 rings (SSSR count). The van der Waals surface area contributed by atoms with Crippen LogP contribution in [-0.2, 0) is 6.54 Å². The van der Waals surface area contributed by atoms with E-state index in [2.05, 4.69) is 6.07 Å². The molecule has 2 nitrogen and oxygen atoms in total. The predicted octanol–water partition coefficient (Wildman–Crippen LogP) is 3.95. The number of nitriles is 1. The van der Waals surface area contributed by atoms with Crippen molar-refractivity contribution in [3.63, 3.8) is 0 Å². The maximum atomic E-state index is 13.8. The van der Waals surface area contributed by atoms with Crippen LogP contribution in [0.5, 0.6) is 0 Å². The molecule has 3 heteroatoms. The Labute approximate surface area is 119 Å². The quantitative estimate of drug-likeness (QED) is 0.842. The van der Waals surface area contributed by atoms with Crippen LogP contribution in [0, 0.1) is 31.0 Å². The molecule has 0 aliphatic rings. The summed E-state index contributed by atoms with van der Waals surface area (Å²) in [5.41, 5.74) is 4.45. The first-order valence-corrected chi connectivity index (χ1v) is 6.48. The van der Waals surface area contributed by atoms with Gasteiger partial charge in [0, 0.05) is 24.8 Å². The lowest BCUT2D eigenvalue weighted by Crippen LogP contribution is -2.18. The van der Waals surface area contributed by atoms with Crippen molar-refractivity contribution < 1.29 is 4.39 Å². The molecule has 0 N–H and O–H groups in total. The maximum Gasteiger partial charge on any atom is 0.128 e. The highest BCUT2D eigenvalue weighted by atomic mass is 19.1. The molecule has 2 aromatic rings. The molecule has 0 unspecified atom stereocenters. The Bertz CT molecular complexity index is 671. The lowest BCUT2D eigenvalue weighted by Gasteiger charge is -2.22. The van der Waals surface area contributed by atoms with Gasteiger partial charge in [0.05, 0.1) is 11.6 Å². The van der Waals surface area contributed by atoms with Crippen LogP contribution in [0.15, 0.2) is 36.4 Å². The summed E-state index contributed by atoms with van der Waals surface area (Å²) in [5, 5.41) is 8.89. The Morgan fingerprint density at radius 2 is 1.90 bits per heavy atom. The van der Waals surface area contributed by atoms with E-state index in [-0.39, 0.29) is 5.82 Å². The van der Waals surface area contributed by atoms with Crippen LogP contribution >= 0.6 is 0 Å². The van der Waals surface area contributed by atoms with Crippen molar-refractivity contribution >= 4 is 5.69 Å². The Morgan fingerprint density at radius 1 is 1.15 bits per heavy atom. The fourth-order valence-electron chi connectivity index (χ4n) is 2.34. The topological polar surface area (TPSA) is 27.0 Å². The summed E-state index contributed by atoms with van der Waals surface area (Å²) in [4.78, 5) is 1.99.